The molecule has 3 aromatic carbocycles. The summed E-state index contributed by atoms with van der Waals surface area (Å²) in [5, 5.41) is 8.13. The standard InChI is InChI=1S/C29H23ClN2O3/c1-16-10-11-26-19(12-16)29(34)20(15-35-26)28-27-24(31-22-8-4-5-9-23(22)32-28)13-17(14-25(27)33)18-6-2-3-7-21(18)30/h2-12,15,17,28,31-32H,13-14H2,1H3/t17-,28+/m0/s1. The van der Waals surface area contributed by atoms with E-state index in [1.807, 2.05) is 67.6 Å². The molecule has 0 spiro atoms. The molecule has 0 saturated carbocycles. The zero-order valence-corrected chi connectivity index (χ0v) is 19.9. The molecule has 1 aliphatic carbocycles. The number of halogens is 1. The van der Waals surface area contributed by atoms with Crippen LogP contribution in [0.15, 0.2) is 93.5 Å². The molecule has 0 amide bonds. The highest BCUT2D eigenvalue weighted by atomic mass is 35.5. The van der Waals surface area contributed by atoms with E-state index in [1.165, 1.54) is 6.26 Å². The molecule has 4 aromatic rings. The Morgan fingerprint density at radius 1 is 0.914 bits per heavy atom. The van der Waals surface area contributed by atoms with Gasteiger partial charge < -0.3 is 15.1 Å². The largest absolute Gasteiger partial charge is 0.464 e. The first-order valence-electron chi connectivity index (χ1n) is 11.6. The number of rotatable bonds is 2. The van der Waals surface area contributed by atoms with Crippen LogP contribution in [-0.2, 0) is 4.79 Å². The third kappa shape index (κ3) is 3.72. The number of nitrogens with one attached hydrogen (secondary N) is 2. The second kappa shape index (κ2) is 8.43. The lowest BCUT2D eigenvalue weighted by Gasteiger charge is -2.30. The van der Waals surface area contributed by atoms with Crippen LogP contribution in [0.1, 0.15) is 41.5 Å². The maximum Gasteiger partial charge on any atom is 0.198 e. The second-order valence-electron chi connectivity index (χ2n) is 9.21. The van der Waals surface area contributed by atoms with Gasteiger partial charge >= 0.3 is 0 Å². The van der Waals surface area contributed by atoms with E-state index < -0.39 is 6.04 Å². The Kier molecular flexibility index (Phi) is 5.23. The van der Waals surface area contributed by atoms with E-state index in [0.29, 0.717) is 40.0 Å². The fraction of sp³-hybridized carbons (Fsp3) is 0.172. The number of fused-ring (bicyclic) bond motifs is 2. The molecule has 0 saturated heterocycles. The van der Waals surface area contributed by atoms with Crippen molar-refractivity contribution in [3.8, 4) is 0 Å². The summed E-state index contributed by atoms with van der Waals surface area (Å²) < 4.78 is 5.87. The summed E-state index contributed by atoms with van der Waals surface area (Å²) >= 11 is 6.49. The van der Waals surface area contributed by atoms with Crippen molar-refractivity contribution in [2.75, 3.05) is 10.6 Å². The normalized spacial score (nSPS) is 19.4. The minimum Gasteiger partial charge on any atom is -0.464 e. The van der Waals surface area contributed by atoms with Gasteiger partial charge in [-0.1, -0.05) is 53.6 Å². The molecule has 2 atom stereocenters. The number of carbonyl (C=O) groups is 1. The highest BCUT2D eigenvalue weighted by Crippen LogP contribution is 2.44. The molecule has 1 aliphatic heterocycles. The van der Waals surface area contributed by atoms with Crippen LogP contribution in [0.3, 0.4) is 0 Å². The van der Waals surface area contributed by atoms with Crippen molar-refractivity contribution in [3.05, 3.63) is 116 Å². The number of aryl methyl sites for hydroxylation is 1. The minimum atomic E-state index is -0.637. The van der Waals surface area contributed by atoms with E-state index in [-0.39, 0.29) is 17.1 Å². The van der Waals surface area contributed by atoms with Gasteiger partial charge in [-0.2, -0.15) is 0 Å². The average molecular weight is 483 g/mol. The van der Waals surface area contributed by atoms with E-state index in [1.54, 1.807) is 6.07 Å². The van der Waals surface area contributed by atoms with Crippen molar-refractivity contribution < 1.29 is 9.21 Å². The number of hydrogen-bond donors (Lipinski definition) is 2. The van der Waals surface area contributed by atoms with E-state index in [2.05, 4.69) is 10.6 Å². The number of para-hydroxylation sites is 2. The molecule has 5 nitrogen and oxygen atoms in total. The second-order valence-corrected chi connectivity index (χ2v) is 9.62. The maximum atomic E-state index is 13.7. The molecular formula is C29H23ClN2O3. The fourth-order valence-corrected chi connectivity index (χ4v) is 5.50. The van der Waals surface area contributed by atoms with Crippen molar-refractivity contribution in [2.45, 2.75) is 31.7 Å². The van der Waals surface area contributed by atoms with Crippen LogP contribution >= 0.6 is 11.6 Å². The molecule has 1 aromatic heterocycles. The number of anilines is 2. The molecule has 0 fully saturated rings. The lowest BCUT2D eigenvalue weighted by Crippen LogP contribution is -2.29. The number of allylic oxidation sites excluding steroid dienone is 1. The molecule has 35 heavy (non-hydrogen) atoms. The summed E-state index contributed by atoms with van der Waals surface area (Å²) in [5.74, 6) is -0.0678. The van der Waals surface area contributed by atoms with E-state index in [0.717, 1.165) is 28.2 Å². The summed E-state index contributed by atoms with van der Waals surface area (Å²) in [5.41, 5.74) is 5.78. The van der Waals surface area contributed by atoms with Gasteiger partial charge in [-0.25, -0.2) is 0 Å². The predicted molar refractivity (Wildman–Crippen MR) is 139 cm³/mol. The van der Waals surface area contributed by atoms with Gasteiger partial charge in [-0.3, -0.25) is 9.59 Å². The lowest BCUT2D eigenvalue weighted by molar-refractivity contribution is -0.116. The van der Waals surface area contributed by atoms with Crippen LogP contribution in [0.2, 0.25) is 5.02 Å². The molecule has 0 radical (unpaired) electrons. The Morgan fingerprint density at radius 2 is 1.69 bits per heavy atom. The van der Waals surface area contributed by atoms with Crippen LogP contribution in [-0.4, -0.2) is 5.78 Å². The van der Waals surface area contributed by atoms with E-state index in [4.69, 9.17) is 16.0 Å². The third-order valence-electron chi connectivity index (χ3n) is 6.92. The first-order chi connectivity index (χ1) is 17.0. The molecule has 2 heterocycles. The van der Waals surface area contributed by atoms with Gasteiger partial charge in [0.15, 0.2) is 11.2 Å². The summed E-state index contributed by atoms with van der Waals surface area (Å²) in [6.45, 7) is 1.94. The van der Waals surface area contributed by atoms with Gasteiger partial charge in [0.05, 0.1) is 28.4 Å². The summed E-state index contributed by atoms with van der Waals surface area (Å²) in [6.07, 6.45) is 2.41. The zero-order chi connectivity index (χ0) is 24.1. The molecule has 6 heteroatoms. The topological polar surface area (TPSA) is 71.3 Å². The molecule has 2 N–H and O–H groups in total. The van der Waals surface area contributed by atoms with Gasteiger partial charge in [-0.15, -0.1) is 0 Å². The molecule has 0 bridgehead atoms. The zero-order valence-electron chi connectivity index (χ0n) is 19.1. The third-order valence-corrected chi connectivity index (χ3v) is 7.26. The summed E-state index contributed by atoms with van der Waals surface area (Å²) in [7, 11) is 0. The molecule has 2 aliphatic rings. The van der Waals surface area contributed by atoms with Gasteiger partial charge in [0.1, 0.15) is 11.8 Å². The first kappa shape index (κ1) is 21.7. The summed E-state index contributed by atoms with van der Waals surface area (Å²) in [6, 6.07) is 20.4. The van der Waals surface area contributed by atoms with Gasteiger partial charge in [0.25, 0.3) is 0 Å². The Labute approximate surface area is 207 Å². The smallest absolute Gasteiger partial charge is 0.198 e. The highest BCUT2D eigenvalue weighted by molar-refractivity contribution is 6.31. The molecule has 174 valence electrons. The van der Waals surface area contributed by atoms with Gasteiger partial charge in [0, 0.05) is 22.7 Å². The molecular weight excluding hydrogens is 460 g/mol. The maximum absolute atomic E-state index is 13.7. The van der Waals surface area contributed by atoms with E-state index >= 15 is 0 Å². The quantitative estimate of drug-likeness (QED) is 0.331. The SMILES string of the molecule is Cc1ccc2occ([C@H]3Nc4ccccc4NC4=C3C(=O)C[C@@H](c3ccccc3Cl)C4)c(=O)c2c1. The monoisotopic (exact) mass is 482 g/mol. The average Bonchev–Trinajstić information content (AvgIpc) is 3.02. The number of ketones is 1. The van der Waals surface area contributed by atoms with Gasteiger partial charge in [0.2, 0.25) is 0 Å². The van der Waals surface area contributed by atoms with Crippen LogP contribution in [0.5, 0.6) is 0 Å². The number of Topliss-reactive ketones (excluding diaryl/α,β-unsaturated/α-hetero) is 1. The van der Waals surface area contributed by atoms with Crippen molar-refractivity contribution in [2.24, 2.45) is 0 Å². The van der Waals surface area contributed by atoms with Crippen molar-refractivity contribution >= 4 is 39.7 Å². The molecule has 0 unspecified atom stereocenters. The lowest BCUT2D eigenvalue weighted by atomic mass is 9.78. The molecule has 6 rings (SSSR count). The Hall–Kier alpha value is -3.83. The van der Waals surface area contributed by atoms with Crippen LogP contribution in [0.25, 0.3) is 11.0 Å². The Bertz CT molecular complexity index is 1590. The minimum absolute atomic E-state index is 0.0160. The Balaban J connectivity index is 1.53. The number of carbonyl (C=O) groups excluding carboxylic acids is 1. The number of hydrogen-bond acceptors (Lipinski definition) is 5. The first-order valence-corrected chi connectivity index (χ1v) is 12.0. The Morgan fingerprint density at radius 3 is 2.51 bits per heavy atom. The van der Waals surface area contributed by atoms with Crippen LogP contribution in [0.4, 0.5) is 11.4 Å². The highest BCUT2D eigenvalue weighted by Gasteiger charge is 2.37. The summed E-state index contributed by atoms with van der Waals surface area (Å²) in [4.78, 5) is 27.4. The van der Waals surface area contributed by atoms with Crippen LogP contribution < -0.4 is 16.1 Å². The van der Waals surface area contributed by atoms with Crippen molar-refractivity contribution in [3.63, 3.8) is 0 Å². The fourth-order valence-electron chi connectivity index (χ4n) is 5.21. The predicted octanol–water partition coefficient (Wildman–Crippen LogP) is 6.73. The van der Waals surface area contributed by atoms with Crippen LogP contribution in [0, 0.1) is 6.92 Å². The van der Waals surface area contributed by atoms with Crippen molar-refractivity contribution in [1.29, 1.82) is 0 Å². The number of benzene rings is 3. The van der Waals surface area contributed by atoms with Crippen molar-refractivity contribution in [1.82, 2.24) is 0 Å². The van der Waals surface area contributed by atoms with E-state index in [9.17, 15) is 9.59 Å². The van der Waals surface area contributed by atoms with Gasteiger partial charge in [-0.05, 0) is 55.2 Å².